The highest BCUT2D eigenvalue weighted by Crippen LogP contribution is 2.18. The van der Waals surface area contributed by atoms with Gasteiger partial charge in [0.1, 0.15) is 0 Å². The van der Waals surface area contributed by atoms with Crippen molar-refractivity contribution in [3.63, 3.8) is 0 Å². The highest BCUT2D eigenvalue weighted by molar-refractivity contribution is 4.81. The molecule has 2 atom stereocenters. The fourth-order valence-corrected chi connectivity index (χ4v) is 1.69. The number of ether oxygens (including phenoxy) is 2. The van der Waals surface area contributed by atoms with Gasteiger partial charge in [-0.1, -0.05) is 0 Å². The molecule has 14 heavy (non-hydrogen) atoms. The summed E-state index contributed by atoms with van der Waals surface area (Å²) in [6.45, 7) is 5.82. The molecule has 2 unspecified atom stereocenters. The molecule has 1 saturated carbocycles. The van der Waals surface area contributed by atoms with E-state index in [2.05, 4.69) is 12.2 Å². The van der Waals surface area contributed by atoms with Crippen LogP contribution >= 0.6 is 0 Å². The van der Waals surface area contributed by atoms with E-state index in [9.17, 15) is 0 Å². The van der Waals surface area contributed by atoms with Crippen molar-refractivity contribution < 1.29 is 9.47 Å². The second-order valence-electron chi connectivity index (χ2n) is 4.56. The molecule has 0 aromatic rings. The standard InChI is InChI=1S/C11H21NO2/c1-9(6-12-11-2-3-11)14-8-10-4-5-13-7-10/h9-12H,2-8H2,1H3. The van der Waals surface area contributed by atoms with Gasteiger partial charge < -0.3 is 14.8 Å². The molecule has 0 spiro atoms. The van der Waals surface area contributed by atoms with E-state index in [-0.39, 0.29) is 0 Å². The third-order valence-electron chi connectivity index (χ3n) is 2.91. The molecule has 1 N–H and O–H groups in total. The van der Waals surface area contributed by atoms with Crippen LogP contribution in [0.5, 0.6) is 0 Å². The molecule has 2 rings (SSSR count). The lowest BCUT2D eigenvalue weighted by atomic mass is 10.1. The summed E-state index contributed by atoms with van der Waals surface area (Å²) in [5, 5.41) is 3.48. The molecule has 82 valence electrons. The minimum absolute atomic E-state index is 0.344. The van der Waals surface area contributed by atoms with Crippen LogP contribution in [0.2, 0.25) is 0 Å². The van der Waals surface area contributed by atoms with Gasteiger partial charge in [-0.05, 0) is 26.2 Å². The molecule has 0 radical (unpaired) electrons. The van der Waals surface area contributed by atoms with Crippen LogP contribution in [0.15, 0.2) is 0 Å². The van der Waals surface area contributed by atoms with Crippen LogP contribution in [-0.4, -0.2) is 38.5 Å². The first-order valence-corrected chi connectivity index (χ1v) is 5.77. The largest absolute Gasteiger partial charge is 0.381 e. The van der Waals surface area contributed by atoms with Crippen molar-refractivity contribution >= 4 is 0 Å². The van der Waals surface area contributed by atoms with E-state index in [4.69, 9.17) is 9.47 Å². The molecule has 0 bridgehead atoms. The SMILES string of the molecule is CC(CNC1CC1)OCC1CCOC1. The molecule has 3 heteroatoms. The van der Waals surface area contributed by atoms with Crippen molar-refractivity contribution in [2.24, 2.45) is 5.92 Å². The topological polar surface area (TPSA) is 30.5 Å². The Kier molecular flexibility index (Phi) is 3.79. The van der Waals surface area contributed by atoms with Crippen molar-refractivity contribution in [3.8, 4) is 0 Å². The Morgan fingerprint density at radius 3 is 2.93 bits per heavy atom. The third-order valence-corrected chi connectivity index (χ3v) is 2.91. The fourth-order valence-electron chi connectivity index (χ4n) is 1.69. The van der Waals surface area contributed by atoms with E-state index in [0.29, 0.717) is 12.0 Å². The van der Waals surface area contributed by atoms with Gasteiger partial charge in [-0.25, -0.2) is 0 Å². The molecule has 3 nitrogen and oxygen atoms in total. The van der Waals surface area contributed by atoms with Crippen molar-refractivity contribution in [1.82, 2.24) is 5.32 Å². The quantitative estimate of drug-likeness (QED) is 0.697. The average molecular weight is 199 g/mol. The Hall–Kier alpha value is -0.120. The average Bonchev–Trinajstić information content (AvgIpc) is 2.87. The molecule has 0 amide bonds. The Balaban J connectivity index is 1.50. The van der Waals surface area contributed by atoms with Crippen LogP contribution in [0.4, 0.5) is 0 Å². The first-order chi connectivity index (χ1) is 6.84. The predicted octanol–water partition coefficient (Wildman–Crippen LogP) is 1.18. The third kappa shape index (κ3) is 3.56. The minimum Gasteiger partial charge on any atom is -0.381 e. The monoisotopic (exact) mass is 199 g/mol. The molecule has 1 aliphatic heterocycles. The zero-order valence-corrected chi connectivity index (χ0v) is 9.00. The Morgan fingerprint density at radius 2 is 2.29 bits per heavy atom. The van der Waals surface area contributed by atoms with Crippen molar-refractivity contribution in [2.75, 3.05) is 26.4 Å². The molecule has 1 aliphatic carbocycles. The summed E-state index contributed by atoms with van der Waals surface area (Å²) < 4.78 is 11.1. The molecular weight excluding hydrogens is 178 g/mol. The van der Waals surface area contributed by atoms with Gasteiger partial charge >= 0.3 is 0 Å². The molecule has 1 saturated heterocycles. The number of hydrogen-bond donors (Lipinski definition) is 1. The zero-order valence-electron chi connectivity index (χ0n) is 9.00. The van der Waals surface area contributed by atoms with E-state index < -0.39 is 0 Å². The zero-order chi connectivity index (χ0) is 9.80. The summed E-state index contributed by atoms with van der Waals surface area (Å²) >= 11 is 0. The smallest absolute Gasteiger partial charge is 0.0671 e. The molecule has 2 fully saturated rings. The first-order valence-electron chi connectivity index (χ1n) is 5.77. The second kappa shape index (κ2) is 5.10. The number of nitrogens with one attached hydrogen (secondary N) is 1. The van der Waals surface area contributed by atoms with Crippen molar-refractivity contribution in [2.45, 2.75) is 38.3 Å². The molecule has 0 aromatic carbocycles. The van der Waals surface area contributed by atoms with Crippen molar-refractivity contribution in [3.05, 3.63) is 0 Å². The summed E-state index contributed by atoms with van der Waals surface area (Å²) in [4.78, 5) is 0. The fraction of sp³-hybridized carbons (Fsp3) is 1.00. The Bertz CT molecular complexity index is 165. The summed E-state index contributed by atoms with van der Waals surface area (Å²) in [5.74, 6) is 0.637. The number of hydrogen-bond acceptors (Lipinski definition) is 3. The van der Waals surface area contributed by atoms with Crippen molar-refractivity contribution in [1.29, 1.82) is 0 Å². The summed E-state index contributed by atoms with van der Waals surface area (Å²) in [6.07, 6.45) is 4.21. The van der Waals surface area contributed by atoms with Gasteiger partial charge in [0.25, 0.3) is 0 Å². The van der Waals surface area contributed by atoms with E-state index in [1.54, 1.807) is 0 Å². The van der Waals surface area contributed by atoms with Gasteiger partial charge in [0.05, 0.1) is 19.3 Å². The van der Waals surface area contributed by atoms with Gasteiger partial charge in [-0.15, -0.1) is 0 Å². The molecule has 1 heterocycles. The lowest BCUT2D eigenvalue weighted by Crippen LogP contribution is -2.29. The van der Waals surface area contributed by atoms with Crippen LogP contribution in [0.1, 0.15) is 26.2 Å². The van der Waals surface area contributed by atoms with Gasteiger partial charge in [0.15, 0.2) is 0 Å². The highest BCUT2D eigenvalue weighted by atomic mass is 16.5. The van der Waals surface area contributed by atoms with E-state index in [1.807, 2.05) is 0 Å². The van der Waals surface area contributed by atoms with Crippen LogP contribution in [-0.2, 0) is 9.47 Å². The van der Waals surface area contributed by atoms with E-state index in [1.165, 1.54) is 19.3 Å². The van der Waals surface area contributed by atoms with Gasteiger partial charge in [-0.2, -0.15) is 0 Å². The number of rotatable bonds is 6. The van der Waals surface area contributed by atoms with E-state index >= 15 is 0 Å². The maximum atomic E-state index is 5.76. The molecular formula is C11H21NO2. The summed E-state index contributed by atoms with van der Waals surface area (Å²) in [6, 6.07) is 0.788. The maximum Gasteiger partial charge on any atom is 0.0671 e. The summed E-state index contributed by atoms with van der Waals surface area (Å²) in [5.41, 5.74) is 0. The first kappa shape index (κ1) is 10.4. The maximum absolute atomic E-state index is 5.76. The van der Waals surface area contributed by atoms with Crippen LogP contribution in [0.3, 0.4) is 0 Å². The van der Waals surface area contributed by atoms with Crippen LogP contribution < -0.4 is 5.32 Å². The normalized spacial score (nSPS) is 29.4. The van der Waals surface area contributed by atoms with Crippen LogP contribution in [0, 0.1) is 5.92 Å². The molecule has 0 aromatic heterocycles. The lowest BCUT2D eigenvalue weighted by molar-refractivity contribution is 0.0368. The Labute approximate surface area is 86.2 Å². The van der Waals surface area contributed by atoms with Gasteiger partial charge in [-0.3, -0.25) is 0 Å². The molecule has 2 aliphatic rings. The van der Waals surface area contributed by atoms with Crippen LogP contribution in [0.25, 0.3) is 0 Å². The second-order valence-corrected chi connectivity index (χ2v) is 4.56. The van der Waals surface area contributed by atoms with Gasteiger partial charge in [0.2, 0.25) is 0 Å². The predicted molar refractivity (Wildman–Crippen MR) is 55.4 cm³/mol. The lowest BCUT2D eigenvalue weighted by Gasteiger charge is -2.16. The van der Waals surface area contributed by atoms with E-state index in [0.717, 1.165) is 32.4 Å². The van der Waals surface area contributed by atoms with Gasteiger partial charge in [0, 0.05) is 25.1 Å². The highest BCUT2D eigenvalue weighted by Gasteiger charge is 2.21. The minimum atomic E-state index is 0.344. The Morgan fingerprint density at radius 1 is 1.43 bits per heavy atom. The summed E-state index contributed by atoms with van der Waals surface area (Å²) in [7, 11) is 0.